The lowest BCUT2D eigenvalue weighted by atomic mass is 10.0. The van der Waals surface area contributed by atoms with Gasteiger partial charge < -0.3 is 19.5 Å². The molecule has 3 unspecified atom stereocenters. The summed E-state index contributed by atoms with van der Waals surface area (Å²) in [6.45, 7) is 5.51. The minimum absolute atomic E-state index is 0.0891. The van der Waals surface area contributed by atoms with Crippen molar-refractivity contribution in [1.29, 1.82) is 0 Å². The van der Waals surface area contributed by atoms with Crippen molar-refractivity contribution >= 4 is 0 Å². The van der Waals surface area contributed by atoms with Crippen LogP contribution in [0, 0.1) is 0 Å². The Labute approximate surface area is 84.9 Å². The van der Waals surface area contributed by atoms with Crippen molar-refractivity contribution in [3.8, 4) is 0 Å². The molecular weight excluding hydrogens is 182 g/mol. The highest BCUT2D eigenvalue weighted by Crippen LogP contribution is 2.34. The summed E-state index contributed by atoms with van der Waals surface area (Å²) in [5.74, 6) is -0.449. The van der Waals surface area contributed by atoms with Crippen LogP contribution in [0.2, 0.25) is 0 Å². The second-order valence-corrected chi connectivity index (χ2v) is 4.39. The molecule has 0 spiro atoms. The van der Waals surface area contributed by atoms with Crippen molar-refractivity contribution in [1.82, 2.24) is 5.32 Å². The van der Waals surface area contributed by atoms with Gasteiger partial charge in [0.1, 0.15) is 6.10 Å². The third kappa shape index (κ3) is 1.93. The molecule has 0 aromatic rings. The molecule has 2 fully saturated rings. The fraction of sp³-hybridized carbons (Fsp3) is 1.00. The number of hydrogen-bond donors (Lipinski definition) is 1. The predicted molar refractivity (Wildman–Crippen MR) is 52.1 cm³/mol. The van der Waals surface area contributed by atoms with Gasteiger partial charge in [0.2, 0.25) is 0 Å². The molecule has 0 radical (unpaired) electrons. The molecule has 1 N–H and O–H groups in total. The van der Waals surface area contributed by atoms with Crippen molar-refractivity contribution in [3.05, 3.63) is 0 Å². The van der Waals surface area contributed by atoms with Gasteiger partial charge in [-0.2, -0.15) is 0 Å². The summed E-state index contributed by atoms with van der Waals surface area (Å²) in [6.07, 6.45) is 1.36. The molecule has 0 aromatic heterocycles. The average Bonchev–Trinajstić information content (AvgIpc) is 2.41. The molecule has 0 aliphatic carbocycles. The van der Waals surface area contributed by atoms with E-state index in [1.54, 1.807) is 0 Å². The SMILES string of the molecule is CNCC1OCCC2OC(C)(C)OC12. The highest BCUT2D eigenvalue weighted by molar-refractivity contribution is 4.90. The van der Waals surface area contributed by atoms with E-state index in [-0.39, 0.29) is 18.3 Å². The Bertz CT molecular complexity index is 206. The fourth-order valence-corrected chi connectivity index (χ4v) is 2.21. The third-order valence-electron chi connectivity index (χ3n) is 2.73. The number of fused-ring (bicyclic) bond motifs is 1. The Balaban J connectivity index is 2.03. The van der Waals surface area contributed by atoms with E-state index >= 15 is 0 Å². The van der Waals surface area contributed by atoms with Crippen LogP contribution in [0.15, 0.2) is 0 Å². The first-order valence-corrected chi connectivity index (χ1v) is 5.24. The molecule has 2 aliphatic rings. The first-order chi connectivity index (χ1) is 6.62. The normalized spacial score (nSPS) is 40.9. The van der Waals surface area contributed by atoms with E-state index < -0.39 is 5.79 Å². The van der Waals surface area contributed by atoms with Gasteiger partial charge in [0, 0.05) is 13.2 Å². The molecule has 4 nitrogen and oxygen atoms in total. The summed E-state index contributed by atoms with van der Waals surface area (Å²) < 4.78 is 17.3. The van der Waals surface area contributed by atoms with Crippen LogP contribution in [-0.4, -0.2) is 44.3 Å². The second-order valence-electron chi connectivity index (χ2n) is 4.39. The second kappa shape index (κ2) is 3.77. The van der Waals surface area contributed by atoms with Crippen molar-refractivity contribution in [3.63, 3.8) is 0 Å². The molecule has 0 aromatic carbocycles. The Morgan fingerprint density at radius 1 is 1.36 bits per heavy atom. The Morgan fingerprint density at radius 3 is 2.86 bits per heavy atom. The van der Waals surface area contributed by atoms with Gasteiger partial charge in [-0.1, -0.05) is 0 Å². The van der Waals surface area contributed by atoms with Crippen LogP contribution in [0.4, 0.5) is 0 Å². The molecule has 2 rings (SSSR count). The van der Waals surface area contributed by atoms with Gasteiger partial charge in [-0.05, 0) is 27.3 Å². The van der Waals surface area contributed by atoms with Crippen LogP contribution in [0.3, 0.4) is 0 Å². The first-order valence-electron chi connectivity index (χ1n) is 5.24. The van der Waals surface area contributed by atoms with Crippen LogP contribution in [0.5, 0.6) is 0 Å². The molecule has 4 heteroatoms. The topological polar surface area (TPSA) is 39.7 Å². The molecule has 2 saturated heterocycles. The summed E-state index contributed by atoms with van der Waals surface area (Å²) in [4.78, 5) is 0. The van der Waals surface area contributed by atoms with Gasteiger partial charge in [0.05, 0.1) is 12.2 Å². The molecule has 0 saturated carbocycles. The van der Waals surface area contributed by atoms with Crippen molar-refractivity contribution in [2.24, 2.45) is 0 Å². The van der Waals surface area contributed by atoms with E-state index in [9.17, 15) is 0 Å². The van der Waals surface area contributed by atoms with Crippen LogP contribution in [0.25, 0.3) is 0 Å². The molecule has 0 bridgehead atoms. The van der Waals surface area contributed by atoms with Crippen LogP contribution in [-0.2, 0) is 14.2 Å². The maximum Gasteiger partial charge on any atom is 0.163 e. The monoisotopic (exact) mass is 201 g/mol. The fourth-order valence-electron chi connectivity index (χ4n) is 2.21. The number of hydrogen-bond acceptors (Lipinski definition) is 4. The Hall–Kier alpha value is -0.160. The highest BCUT2D eigenvalue weighted by atomic mass is 16.8. The summed E-state index contributed by atoms with van der Waals surface area (Å²) in [6, 6.07) is 0. The summed E-state index contributed by atoms with van der Waals surface area (Å²) in [5, 5.41) is 3.12. The minimum Gasteiger partial charge on any atom is -0.374 e. The van der Waals surface area contributed by atoms with Gasteiger partial charge in [-0.3, -0.25) is 0 Å². The zero-order valence-corrected chi connectivity index (χ0v) is 9.08. The summed E-state index contributed by atoms with van der Waals surface area (Å²) in [7, 11) is 1.92. The van der Waals surface area contributed by atoms with E-state index in [0.717, 1.165) is 19.6 Å². The zero-order chi connectivity index (χ0) is 10.2. The Kier molecular flexibility index (Phi) is 2.79. The summed E-state index contributed by atoms with van der Waals surface area (Å²) in [5.41, 5.74) is 0. The lowest BCUT2D eigenvalue weighted by Gasteiger charge is -2.31. The summed E-state index contributed by atoms with van der Waals surface area (Å²) >= 11 is 0. The molecule has 82 valence electrons. The van der Waals surface area contributed by atoms with E-state index in [2.05, 4.69) is 5.32 Å². The van der Waals surface area contributed by atoms with Crippen molar-refractivity contribution in [2.45, 2.75) is 44.4 Å². The van der Waals surface area contributed by atoms with Gasteiger partial charge in [0.15, 0.2) is 5.79 Å². The highest BCUT2D eigenvalue weighted by Gasteiger charge is 2.47. The van der Waals surface area contributed by atoms with E-state index in [1.165, 1.54) is 0 Å². The molecule has 2 aliphatic heterocycles. The number of likely N-dealkylation sites (N-methyl/N-ethyl adjacent to an activating group) is 1. The predicted octanol–water partition coefficient (Wildman–Crippen LogP) is 0.515. The van der Waals surface area contributed by atoms with Crippen LogP contribution in [0.1, 0.15) is 20.3 Å². The molecule has 14 heavy (non-hydrogen) atoms. The van der Waals surface area contributed by atoms with Crippen LogP contribution < -0.4 is 5.32 Å². The maximum atomic E-state index is 5.83. The largest absolute Gasteiger partial charge is 0.374 e. The molecular formula is C10H19NO3. The van der Waals surface area contributed by atoms with E-state index in [1.807, 2.05) is 20.9 Å². The average molecular weight is 201 g/mol. The van der Waals surface area contributed by atoms with E-state index in [4.69, 9.17) is 14.2 Å². The van der Waals surface area contributed by atoms with Crippen LogP contribution >= 0.6 is 0 Å². The number of nitrogens with one attached hydrogen (secondary N) is 1. The van der Waals surface area contributed by atoms with Gasteiger partial charge in [-0.25, -0.2) is 0 Å². The third-order valence-corrected chi connectivity index (χ3v) is 2.73. The Morgan fingerprint density at radius 2 is 2.14 bits per heavy atom. The molecule has 2 heterocycles. The van der Waals surface area contributed by atoms with Crippen molar-refractivity contribution in [2.75, 3.05) is 20.2 Å². The van der Waals surface area contributed by atoms with Crippen molar-refractivity contribution < 1.29 is 14.2 Å². The van der Waals surface area contributed by atoms with Gasteiger partial charge in [-0.15, -0.1) is 0 Å². The molecule has 0 amide bonds. The maximum absolute atomic E-state index is 5.83. The first kappa shape index (κ1) is 10.4. The lowest BCUT2D eigenvalue weighted by Crippen LogP contribution is -2.47. The quantitative estimate of drug-likeness (QED) is 0.707. The number of rotatable bonds is 2. The van der Waals surface area contributed by atoms with Gasteiger partial charge >= 0.3 is 0 Å². The molecule has 3 atom stereocenters. The zero-order valence-electron chi connectivity index (χ0n) is 9.08. The minimum atomic E-state index is -0.449. The van der Waals surface area contributed by atoms with E-state index in [0.29, 0.717) is 0 Å². The lowest BCUT2D eigenvalue weighted by molar-refractivity contribution is -0.153. The number of ether oxygens (including phenoxy) is 3. The smallest absolute Gasteiger partial charge is 0.163 e. The standard InChI is InChI=1S/C10H19NO3/c1-10(2)13-7-4-5-12-8(6-11-3)9(7)14-10/h7-9,11H,4-6H2,1-3H3. The van der Waals surface area contributed by atoms with Gasteiger partial charge in [0.25, 0.3) is 0 Å².